The van der Waals surface area contributed by atoms with Crippen molar-refractivity contribution in [1.82, 2.24) is 0 Å². The van der Waals surface area contributed by atoms with E-state index < -0.39 is 0 Å². The minimum atomic E-state index is 0.0953. The molecule has 17 heavy (non-hydrogen) atoms. The molecule has 0 aromatic heterocycles. The third-order valence-electron chi connectivity index (χ3n) is 2.61. The molecule has 1 aromatic rings. The van der Waals surface area contributed by atoms with Crippen LogP contribution in [-0.4, -0.2) is 31.1 Å². The van der Waals surface area contributed by atoms with E-state index >= 15 is 0 Å². The first-order valence-electron chi connectivity index (χ1n) is 5.83. The number of aliphatic hydroxyl groups is 1. The van der Waals surface area contributed by atoms with Crippen LogP contribution in [0.3, 0.4) is 0 Å². The van der Waals surface area contributed by atoms with Crippen molar-refractivity contribution in [3.05, 3.63) is 28.2 Å². The van der Waals surface area contributed by atoms with Gasteiger partial charge in [-0.1, -0.05) is 29.3 Å². The molecule has 0 aliphatic carbocycles. The van der Waals surface area contributed by atoms with Gasteiger partial charge in [-0.3, -0.25) is 4.79 Å². The lowest BCUT2D eigenvalue weighted by atomic mass is 10.1. The number of halogens is 1. The monoisotopic (exact) mass is 299 g/mol. The Labute approximate surface area is 111 Å². The zero-order valence-corrected chi connectivity index (χ0v) is 11.6. The zero-order chi connectivity index (χ0) is 12.7. The fourth-order valence-electron chi connectivity index (χ4n) is 1.73. The van der Waals surface area contributed by atoms with E-state index in [4.69, 9.17) is 5.11 Å². The molecule has 0 fully saturated rings. The molecule has 0 aliphatic rings. The maximum atomic E-state index is 11.1. The highest BCUT2D eigenvalue weighted by molar-refractivity contribution is 9.10. The van der Waals surface area contributed by atoms with Crippen LogP contribution in [0, 0.1) is 0 Å². The molecule has 0 spiro atoms. The Morgan fingerprint density at radius 3 is 2.76 bits per heavy atom. The molecule has 94 valence electrons. The smallest absolute Gasteiger partial charge is 0.152 e. The van der Waals surface area contributed by atoms with Crippen molar-refractivity contribution in [1.29, 1.82) is 0 Å². The Balaban J connectivity index is 2.95. The van der Waals surface area contributed by atoms with Crippen LogP contribution in [0.15, 0.2) is 22.7 Å². The average molecular weight is 300 g/mol. The Morgan fingerprint density at radius 2 is 2.18 bits per heavy atom. The van der Waals surface area contributed by atoms with Gasteiger partial charge in [-0.25, -0.2) is 0 Å². The summed E-state index contributed by atoms with van der Waals surface area (Å²) in [6.45, 7) is 3.64. The summed E-state index contributed by atoms with van der Waals surface area (Å²) in [5, 5.41) is 9.08. The van der Waals surface area contributed by atoms with Crippen molar-refractivity contribution >= 4 is 27.9 Å². The van der Waals surface area contributed by atoms with E-state index in [1.807, 2.05) is 12.1 Å². The molecule has 0 unspecified atom stereocenters. The number of rotatable bonds is 7. The topological polar surface area (TPSA) is 40.5 Å². The van der Waals surface area contributed by atoms with Gasteiger partial charge in [-0.2, -0.15) is 0 Å². The highest BCUT2D eigenvalue weighted by atomic mass is 79.9. The van der Waals surface area contributed by atoms with E-state index in [0.29, 0.717) is 12.1 Å². The van der Waals surface area contributed by atoms with Gasteiger partial charge in [-0.15, -0.1) is 0 Å². The first-order chi connectivity index (χ1) is 8.22. The summed E-state index contributed by atoms with van der Waals surface area (Å²) in [6, 6.07) is 5.64. The standard InChI is InChI=1S/C13H18BrNO2/c1-2-3-6-15(7-8-16)13-5-4-12(14)9-11(13)10-17/h4-5,9-10,16H,2-3,6-8H2,1H3. The number of unbranched alkanes of at least 4 members (excludes halogenated alkanes) is 1. The number of nitrogens with zero attached hydrogens (tertiary/aromatic N) is 1. The number of aldehydes is 1. The van der Waals surface area contributed by atoms with E-state index in [0.717, 1.165) is 35.8 Å². The molecule has 1 aromatic carbocycles. The lowest BCUT2D eigenvalue weighted by molar-refractivity contribution is 0.112. The van der Waals surface area contributed by atoms with E-state index in [2.05, 4.69) is 27.8 Å². The van der Waals surface area contributed by atoms with Crippen LogP contribution in [0.4, 0.5) is 5.69 Å². The second kappa shape index (κ2) is 7.45. The Hall–Kier alpha value is -0.870. The summed E-state index contributed by atoms with van der Waals surface area (Å²) in [4.78, 5) is 13.1. The fraction of sp³-hybridized carbons (Fsp3) is 0.462. The van der Waals surface area contributed by atoms with Crippen LogP contribution in [-0.2, 0) is 0 Å². The maximum Gasteiger partial charge on any atom is 0.152 e. The SMILES string of the molecule is CCCCN(CCO)c1ccc(Br)cc1C=O. The number of aliphatic hydroxyl groups excluding tert-OH is 1. The number of benzene rings is 1. The van der Waals surface area contributed by atoms with Crippen LogP contribution in [0.25, 0.3) is 0 Å². The molecule has 0 saturated carbocycles. The minimum Gasteiger partial charge on any atom is -0.395 e. The lowest BCUT2D eigenvalue weighted by Gasteiger charge is -2.25. The zero-order valence-electron chi connectivity index (χ0n) is 10.0. The van der Waals surface area contributed by atoms with Gasteiger partial charge >= 0.3 is 0 Å². The summed E-state index contributed by atoms with van der Waals surface area (Å²) < 4.78 is 0.891. The van der Waals surface area contributed by atoms with Crippen LogP contribution in [0.5, 0.6) is 0 Å². The van der Waals surface area contributed by atoms with Gasteiger partial charge in [0.15, 0.2) is 6.29 Å². The quantitative estimate of drug-likeness (QED) is 0.787. The molecule has 3 nitrogen and oxygen atoms in total. The molecule has 0 amide bonds. The largest absolute Gasteiger partial charge is 0.395 e. The van der Waals surface area contributed by atoms with E-state index in [-0.39, 0.29) is 6.61 Å². The number of anilines is 1. The van der Waals surface area contributed by atoms with Crippen molar-refractivity contribution in [2.75, 3.05) is 24.6 Å². The summed E-state index contributed by atoms with van der Waals surface area (Å²) >= 11 is 3.35. The Kier molecular flexibility index (Phi) is 6.22. The highest BCUT2D eigenvalue weighted by Gasteiger charge is 2.10. The van der Waals surface area contributed by atoms with Crippen molar-refractivity contribution < 1.29 is 9.90 Å². The molecular formula is C13H18BrNO2. The molecule has 0 aliphatic heterocycles. The van der Waals surface area contributed by atoms with Crippen molar-refractivity contribution in [3.63, 3.8) is 0 Å². The van der Waals surface area contributed by atoms with Gasteiger partial charge in [0.05, 0.1) is 6.61 Å². The molecular weight excluding hydrogens is 282 g/mol. The van der Waals surface area contributed by atoms with Crippen LogP contribution in [0.2, 0.25) is 0 Å². The van der Waals surface area contributed by atoms with Crippen molar-refractivity contribution in [3.8, 4) is 0 Å². The number of carbonyl (C=O) groups excluding carboxylic acids is 1. The normalized spacial score (nSPS) is 10.3. The molecule has 0 saturated heterocycles. The fourth-order valence-corrected chi connectivity index (χ4v) is 2.11. The van der Waals surface area contributed by atoms with Gasteiger partial charge in [0.25, 0.3) is 0 Å². The van der Waals surface area contributed by atoms with Crippen LogP contribution in [0.1, 0.15) is 30.1 Å². The van der Waals surface area contributed by atoms with Crippen molar-refractivity contribution in [2.24, 2.45) is 0 Å². The third-order valence-corrected chi connectivity index (χ3v) is 3.10. The molecule has 0 atom stereocenters. The van der Waals surface area contributed by atoms with Crippen molar-refractivity contribution in [2.45, 2.75) is 19.8 Å². The molecule has 0 bridgehead atoms. The van der Waals surface area contributed by atoms with E-state index in [1.54, 1.807) is 6.07 Å². The van der Waals surface area contributed by atoms with Gasteiger partial charge in [0, 0.05) is 28.8 Å². The second-order valence-corrected chi connectivity index (χ2v) is 4.80. The Morgan fingerprint density at radius 1 is 1.41 bits per heavy atom. The lowest BCUT2D eigenvalue weighted by Crippen LogP contribution is -2.28. The van der Waals surface area contributed by atoms with Gasteiger partial charge in [0.2, 0.25) is 0 Å². The van der Waals surface area contributed by atoms with Gasteiger partial charge in [-0.05, 0) is 24.6 Å². The second-order valence-electron chi connectivity index (χ2n) is 3.89. The summed E-state index contributed by atoms with van der Waals surface area (Å²) in [5.41, 5.74) is 1.55. The van der Waals surface area contributed by atoms with E-state index in [9.17, 15) is 4.79 Å². The summed E-state index contributed by atoms with van der Waals surface area (Å²) in [5.74, 6) is 0. The summed E-state index contributed by atoms with van der Waals surface area (Å²) in [6.07, 6.45) is 3.00. The number of carbonyl (C=O) groups is 1. The average Bonchev–Trinajstić information content (AvgIpc) is 2.34. The maximum absolute atomic E-state index is 11.1. The van der Waals surface area contributed by atoms with Crippen LogP contribution < -0.4 is 4.90 Å². The number of hydrogen-bond donors (Lipinski definition) is 1. The molecule has 0 radical (unpaired) electrons. The predicted octanol–water partition coefficient (Wildman–Crippen LogP) is 2.86. The number of hydrogen-bond acceptors (Lipinski definition) is 3. The minimum absolute atomic E-state index is 0.0953. The van der Waals surface area contributed by atoms with Crippen LogP contribution >= 0.6 is 15.9 Å². The van der Waals surface area contributed by atoms with Gasteiger partial charge in [0.1, 0.15) is 0 Å². The third kappa shape index (κ3) is 4.13. The van der Waals surface area contributed by atoms with E-state index in [1.165, 1.54) is 0 Å². The first kappa shape index (κ1) is 14.2. The summed E-state index contributed by atoms with van der Waals surface area (Å²) in [7, 11) is 0. The molecule has 1 rings (SSSR count). The first-order valence-corrected chi connectivity index (χ1v) is 6.62. The van der Waals surface area contributed by atoms with Gasteiger partial charge < -0.3 is 10.0 Å². The Bertz CT molecular complexity index is 368. The predicted molar refractivity (Wildman–Crippen MR) is 73.7 cm³/mol. The highest BCUT2D eigenvalue weighted by Crippen LogP contribution is 2.23. The molecule has 0 heterocycles. The molecule has 1 N–H and O–H groups in total. The molecule has 4 heteroatoms.